The lowest BCUT2D eigenvalue weighted by molar-refractivity contribution is 0.112. The average Bonchev–Trinajstić information content (AvgIpc) is 2.97. The molecule has 14 heavy (non-hydrogen) atoms. The number of nitrogens with zero attached hydrogens (tertiary/aromatic N) is 1. The molecule has 0 amide bonds. The first kappa shape index (κ1) is 7.74. The van der Waals surface area contributed by atoms with E-state index in [0.717, 1.165) is 30.5 Å². The summed E-state index contributed by atoms with van der Waals surface area (Å²) in [4.78, 5) is 15.1. The number of fused-ring (bicyclic) bond motifs is 1. The van der Waals surface area contributed by atoms with Crippen molar-refractivity contribution in [3.63, 3.8) is 0 Å². The van der Waals surface area contributed by atoms with Crippen molar-refractivity contribution >= 4 is 17.4 Å². The van der Waals surface area contributed by atoms with E-state index in [0.29, 0.717) is 17.1 Å². The van der Waals surface area contributed by atoms with Crippen LogP contribution in [0.4, 0.5) is 0 Å². The van der Waals surface area contributed by atoms with Crippen LogP contribution in [0, 0.1) is 0 Å². The molecule has 0 atom stereocenters. The second kappa shape index (κ2) is 2.67. The maximum absolute atomic E-state index is 10.7. The number of aldehydes is 1. The Morgan fingerprint density at radius 2 is 2.29 bits per heavy atom. The molecule has 3 nitrogen and oxygen atoms in total. The maximum atomic E-state index is 10.7. The number of rotatable bonds is 2. The van der Waals surface area contributed by atoms with Gasteiger partial charge in [0.15, 0.2) is 17.8 Å². The van der Waals surface area contributed by atoms with Crippen LogP contribution in [0.5, 0.6) is 0 Å². The van der Waals surface area contributed by atoms with Crippen LogP contribution in [-0.2, 0) is 0 Å². The van der Waals surface area contributed by atoms with Crippen molar-refractivity contribution in [1.29, 1.82) is 0 Å². The minimum atomic E-state index is 0.488. The van der Waals surface area contributed by atoms with E-state index in [9.17, 15) is 4.79 Å². The molecule has 1 heterocycles. The first-order valence-electron chi connectivity index (χ1n) is 4.73. The molecule has 1 aromatic heterocycles. The molecule has 0 unspecified atom stereocenters. The van der Waals surface area contributed by atoms with E-state index in [2.05, 4.69) is 4.98 Å². The highest BCUT2D eigenvalue weighted by atomic mass is 16.3. The normalized spacial score (nSPS) is 16.0. The van der Waals surface area contributed by atoms with Crippen molar-refractivity contribution in [2.45, 2.75) is 18.8 Å². The van der Waals surface area contributed by atoms with Gasteiger partial charge in [-0.2, -0.15) is 0 Å². The molecule has 3 rings (SSSR count). The third kappa shape index (κ3) is 1.05. The van der Waals surface area contributed by atoms with Crippen molar-refractivity contribution in [2.24, 2.45) is 0 Å². The zero-order valence-electron chi connectivity index (χ0n) is 7.56. The minimum absolute atomic E-state index is 0.488. The summed E-state index contributed by atoms with van der Waals surface area (Å²) in [6.07, 6.45) is 3.12. The molecule has 2 aromatic rings. The molecule has 70 valence electrons. The van der Waals surface area contributed by atoms with Crippen LogP contribution >= 0.6 is 0 Å². The number of oxazole rings is 1. The molecule has 1 saturated carbocycles. The number of aromatic nitrogens is 1. The van der Waals surface area contributed by atoms with E-state index in [1.807, 2.05) is 12.1 Å². The zero-order valence-corrected chi connectivity index (χ0v) is 7.56. The SMILES string of the molecule is O=Cc1cccc2nc(C3CC3)oc12. The standard InChI is InChI=1S/C11H9NO2/c13-6-8-2-1-3-9-10(8)14-11(12-9)7-4-5-7/h1-3,6-7H,4-5H2. The molecule has 1 aliphatic carbocycles. The number of hydrogen-bond donors (Lipinski definition) is 0. The Balaban J connectivity index is 2.25. The number of benzene rings is 1. The van der Waals surface area contributed by atoms with Crippen LogP contribution in [0.25, 0.3) is 11.1 Å². The lowest BCUT2D eigenvalue weighted by Gasteiger charge is -1.89. The van der Waals surface area contributed by atoms with E-state index < -0.39 is 0 Å². The predicted molar refractivity (Wildman–Crippen MR) is 51.4 cm³/mol. The number of carbonyl (C=O) groups excluding carboxylic acids is 1. The summed E-state index contributed by atoms with van der Waals surface area (Å²) in [7, 11) is 0. The van der Waals surface area contributed by atoms with Gasteiger partial charge in [0.25, 0.3) is 0 Å². The summed E-state index contributed by atoms with van der Waals surface area (Å²) >= 11 is 0. The molecule has 0 spiro atoms. The molecule has 1 fully saturated rings. The van der Waals surface area contributed by atoms with Gasteiger partial charge in [-0.25, -0.2) is 4.98 Å². The monoisotopic (exact) mass is 187 g/mol. The molecule has 0 bridgehead atoms. The van der Waals surface area contributed by atoms with Gasteiger partial charge in [0, 0.05) is 5.92 Å². The average molecular weight is 187 g/mol. The van der Waals surface area contributed by atoms with Crippen LogP contribution in [0.15, 0.2) is 22.6 Å². The van der Waals surface area contributed by atoms with E-state index in [1.165, 1.54) is 0 Å². The van der Waals surface area contributed by atoms with Gasteiger partial charge in [0.05, 0.1) is 5.56 Å². The molecule has 0 radical (unpaired) electrons. The van der Waals surface area contributed by atoms with Crippen molar-refractivity contribution in [2.75, 3.05) is 0 Å². The smallest absolute Gasteiger partial charge is 0.198 e. The van der Waals surface area contributed by atoms with Crippen LogP contribution in [0.1, 0.15) is 35.0 Å². The predicted octanol–water partition coefficient (Wildman–Crippen LogP) is 2.52. The Bertz CT molecular complexity index is 497. The fraction of sp³-hybridized carbons (Fsp3) is 0.273. The summed E-state index contributed by atoms with van der Waals surface area (Å²) in [6.45, 7) is 0. The van der Waals surface area contributed by atoms with Crippen LogP contribution in [0.3, 0.4) is 0 Å². The fourth-order valence-electron chi connectivity index (χ4n) is 1.59. The summed E-state index contributed by atoms with van der Waals surface area (Å²) in [5, 5.41) is 0. The van der Waals surface area contributed by atoms with E-state index in [4.69, 9.17) is 4.42 Å². The minimum Gasteiger partial charge on any atom is -0.440 e. The maximum Gasteiger partial charge on any atom is 0.198 e. The Morgan fingerprint density at radius 3 is 3.00 bits per heavy atom. The summed E-state index contributed by atoms with van der Waals surface area (Å²) < 4.78 is 5.57. The number of para-hydroxylation sites is 1. The second-order valence-corrected chi connectivity index (χ2v) is 3.64. The van der Waals surface area contributed by atoms with Gasteiger partial charge in [0.1, 0.15) is 5.52 Å². The highest BCUT2D eigenvalue weighted by Crippen LogP contribution is 2.40. The largest absolute Gasteiger partial charge is 0.440 e. The Hall–Kier alpha value is -1.64. The highest BCUT2D eigenvalue weighted by Gasteiger charge is 2.29. The Labute approximate surface area is 80.7 Å². The van der Waals surface area contributed by atoms with Crippen molar-refractivity contribution < 1.29 is 9.21 Å². The number of carbonyl (C=O) groups is 1. The first-order valence-corrected chi connectivity index (χ1v) is 4.73. The van der Waals surface area contributed by atoms with Crippen LogP contribution in [0.2, 0.25) is 0 Å². The van der Waals surface area contributed by atoms with E-state index in [1.54, 1.807) is 6.07 Å². The van der Waals surface area contributed by atoms with Gasteiger partial charge in [0.2, 0.25) is 0 Å². The van der Waals surface area contributed by atoms with Gasteiger partial charge >= 0.3 is 0 Å². The molecule has 0 N–H and O–H groups in total. The molecule has 0 saturated heterocycles. The van der Waals surface area contributed by atoms with Gasteiger partial charge < -0.3 is 4.42 Å². The summed E-state index contributed by atoms with van der Waals surface area (Å²) in [6, 6.07) is 5.44. The molecule has 1 aliphatic rings. The van der Waals surface area contributed by atoms with Gasteiger partial charge in [-0.1, -0.05) is 6.07 Å². The van der Waals surface area contributed by atoms with Crippen molar-refractivity contribution in [3.05, 3.63) is 29.7 Å². The summed E-state index contributed by atoms with van der Waals surface area (Å²) in [5.41, 5.74) is 2.00. The van der Waals surface area contributed by atoms with Gasteiger partial charge in [-0.05, 0) is 25.0 Å². The van der Waals surface area contributed by atoms with Crippen LogP contribution in [-0.4, -0.2) is 11.3 Å². The van der Waals surface area contributed by atoms with Crippen molar-refractivity contribution in [1.82, 2.24) is 4.98 Å². The highest BCUT2D eigenvalue weighted by molar-refractivity contribution is 5.92. The summed E-state index contributed by atoms with van der Waals surface area (Å²) in [5.74, 6) is 1.27. The Morgan fingerprint density at radius 1 is 1.43 bits per heavy atom. The lowest BCUT2D eigenvalue weighted by atomic mass is 10.2. The Kier molecular flexibility index (Phi) is 1.48. The first-order chi connectivity index (χ1) is 6.88. The lowest BCUT2D eigenvalue weighted by Crippen LogP contribution is -1.78. The molecule has 0 aliphatic heterocycles. The third-order valence-electron chi connectivity index (χ3n) is 2.52. The van der Waals surface area contributed by atoms with Gasteiger partial charge in [-0.3, -0.25) is 4.79 Å². The third-order valence-corrected chi connectivity index (χ3v) is 2.52. The van der Waals surface area contributed by atoms with E-state index in [-0.39, 0.29) is 0 Å². The molecule has 3 heteroatoms. The van der Waals surface area contributed by atoms with Crippen molar-refractivity contribution in [3.8, 4) is 0 Å². The molecular formula is C11H9NO2. The molecular weight excluding hydrogens is 178 g/mol. The van der Waals surface area contributed by atoms with Crippen LogP contribution < -0.4 is 0 Å². The quantitative estimate of drug-likeness (QED) is 0.678. The van der Waals surface area contributed by atoms with E-state index >= 15 is 0 Å². The topological polar surface area (TPSA) is 43.1 Å². The second-order valence-electron chi connectivity index (χ2n) is 3.64. The number of hydrogen-bond acceptors (Lipinski definition) is 3. The molecule has 1 aromatic carbocycles. The zero-order chi connectivity index (χ0) is 9.54. The fourth-order valence-corrected chi connectivity index (χ4v) is 1.59. The van der Waals surface area contributed by atoms with Gasteiger partial charge in [-0.15, -0.1) is 0 Å².